The SMILES string of the molecule is O=S(=O)(c1ccc(Br)cc1)N1c2c(ccc3ccccc23)C[C@@H]1c1ccccc1. The van der Waals surface area contributed by atoms with Crippen LogP contribution < -0.4 is 4.31 Å². The zero-order valence-corrected chi connectivity index (χ0v) is 17.9. The number of rotatable bonds is 3. The van der Waals surface area contributed by atoms with Gasteiger partial charge in [0.15, 0.2) is 0 Å². The molecule has 29 heavy (non-hydrogen) atoms. The van der Waals surface area contributed by atoms with Crippen LogP contribution >= 0.6 is 15.9 Å². The van der Waals surface area contributed by atoms with E-state index in [-0.39, 0.29) is 6.04 Å². The first-order valence-electron chi connectivity index (χ1n) is 9.41. The van der Waals surface area contributed by atoms with Crippen LogP contribution in [0.4, 0.5) is 5.69 Å². The highest BCUT2D eigenvalue weighted by Gasteiger charge is 2.40. The second kappa shape index (κ2) is 7.01. The molecule has 1 aliphatic heterocycles. The van der Waals surface area contributed by atoms with Gasteiger partial charge >= 0.3 is 0 Å². The van der Waals surface area contributed by atoms with Gasteiger partial charge in [-0.15, -0.1) is 0 Å². The van der Waals surface area contributed by atoms with Crippen LogP contribution in [0.3, 0.4) is 0 Å². The van der Waals surface area contributed by atoms with Crippen molar-refractivity contribution in [3.05, 3.63) is 107 Å². The number of benzene rings is 4. The average Bonchev–Trinajstić information content (AvgIpc) is 3.16. The monoisotopic (exact) mass is 463 g/mol. The Hall–Kier alpha value is -2.63. The van der Waals surface area contributed by atoms with Gasteiger partial charge in [0.05, 0.1) is 16.6 Å². The molecule has 0 aliphatic carbocycles. The Kier molecular flexibility index (Phi) is 4.45. The molecular weight excluding hydrogens is 446 g/mol. The summed E-state index contributed by atoms with van der Waals surface area (Å²) in [6.07, 6.45) is 0.653. The van der Waals surface area contributed by atoms with Gasteiger partial charge < -0.3 is 0 Å². The highest BCUT2D eigenvalue weighted by Crippen LogP contribution is 2.47. The minimum absolute atomic E-state index is 0.273. The Morgan fingerprint density at radius 1 is 0.793 bits per heavy atom. The molecule has 0 spiro atoms. The first-order valence-corrected chi connectivity index (χ1v) is 11.6. The molecule has 0 aromatic heterocycles. The molecule has 0 amide bonds. The van der Waals surface area contributed by atoms with Crippen LogP contribution in [0, 0.1) is 0 Å². The fourth-order valence-electron chi connectivity index (χ4n) is 4.11. The Bertz CT molecular complexity index is 1300. The average molecular weight is 464 g/mol. The Labute approximate surface area is 178 Å². The standard InChI is InChI=1S/C24H18BrNO2S/c25-20-12-14-21(15-13-20)29(27,28)26-23(18-7-2-1-3-8-18)16-19-11-10-17-6-4-5-9-22(17)24(19)26/h1-15,23H,16H2/t23-/m1/s1. The van der Waals surface area contributed by atoms with Crippen molar-refractivity contribution in [3.63, 3.8) is 0 Å². The topological polar surface area (TPSA) is 37.4 Å². The largest absolute Gasteiger partial charge is 0.264 e. The third kappa shape index (κ3) is 3.05. The van der Waals surface area contributed by atoms with Gasteiger partial charge in [0.25, 0.3) is 10.0 Å². The van der Waals surface area contributed by atoms with Gasteiger partial charge in [-0.25, -0.2) is 8.42 Å². The Balaban J connectivity index is 1.77. The summed E-state index contributed by atoms with van der Waals surface area (Å²) in [5, 5.41) is 2.00. The quantitative estimate of drug-likeness (QED) is 0.368. The number of hydrogen-bond donors (Lipinski definition) is 0. The number of hydrogen-bond acceptors (Lipinski definition) is 2. The summed E-state index contributed by atoms with van der Waals surface area (Å²) in [4.78, 5) is 0.294. The van der Waals surface area contributed by atoms with Gasteiger partial charge in [0.1, 0.15) is 0 Å². The van der Waals surface area contributed by atoms with E-state index in [1.807, 2.05) is 54.6 Å². The molecule has 0 bridgehead atoms. The number of fused-ring (bicyclic) bond motifs is 3. The van der Waals surface area contributed by atoms with E-state index in [9.17, 15) is 8.42 Å². The Morgan fingerprint density at radius 2 is 1.48 bits per heavy atom. The van der Waals surface area contributed by atoms with Crippen molar-refractivity contribution in [2.75, 3.05) is 4.31 Å². The molecule has 1 atom stereocenters. The molecule has 1 aliphatic rings. The number of halogens is 1. The maximum atomic E-state index is 13.8. The van der Waals surface area contributed by atoms with Crippen molar-refractivity contribution < 1.29 is 8.42 Å². The minimum atomic E-state index is -3.75. The summed E-state index contributed by atoms with van der Waals surface area (Å²) < 4.78 is 30.2. The number of sulfonamides is 1. The lowest BCUT2D eigenvalue weighted by Gasteiger charge is -2.28. The summed E-state index contributed by atoms with van der Waals surface area (Å²) in [6.45, 7) is 0. The summed E-state index contributed by atoms with van der Waals surface area (Å²) in [5.74, 6) is 0. The fraction of sp³-hybridized carbons (Fsp3) is 0.0833. The van der Waals surface area contributed by atoms with E-state index in [4.69, 9.17) is 0 Å². The molecule has 5 heteroatoms. The van der Waals surface area contributed by atoms with Crippen molar-refractivity contribution in [2.24, 2.45) is 0 Å². The first kappa shape index (κ1) is 18.4. The molecule has 144 valence electrons. The van der Waals surface area contributed by atoms with Gasteiger partial charge in [-0.2, -0.15) is 0 Å². The van der Waals surface area contributed by atoms with E-state index < -0.39 is 10.0 Å². The lowest BCUT2D eigenvalue weighted by Crippen LogP contribution is -2.32. The van der Waals surface area contributed by atoms with Crippen LogP contribution in [0.25, 0.3) is 10.8 Å². The fourth-order valence-corrected chi connectivity index (χ4v) is 6.07. The number of nitrogens with zero attached hydrogens (tertiary/aromatic N) is 1. The van der Waals surface area contributed by atoms with Crippen molar-refractivity contribution in [3.8, 4) is 0 Å². The molecular formula is C24H18BrNO2S. The maximum Gasteiger partial charge on any atom is 0.264 e. The highest BCUT2D eigenvalue weighted by atomic mass is 79.9. The third-order valence-electron chi connectivity index (χ3n) is 5.46. The predicted molar refractivity (Wildman–Crippen MR) is 121 cm³/mol. The molecule has 5 rings (SSSR count). The normalized spacial score (nSPS) is 16.2. The van der Waals surface area contributed by atoms with E-state index in [2.05, 4.69) is 28.1 Å². The van der Waals surface area contributed by atoms with E-state index in [0.29, 0.717) is 11.3 Å². The zero-order chi connectivity index (χ0) is 20.0. The second-order valence-corrected chi connectivity index (χ2v) is 9.91. The number of anilines is 1. The predicted octanol–water partition coefficient (Wildman–Crippen LogP) is 6.10. The van der Waals surface area contributed by atoms with Crippen molar-refractivity contribution >= 4 is 42.4 Å². The first-order chi connectivity index (χ1) is 14.1. The minimum Gasteiger partial charge on any atom is -0.258 e. The lowest BCUT2D eigenvalue weighted by molar-refractivity contribution is 0.582. The molecule has 3 nitrogen and oxygen atoms in total. The van der Waals surface area contributed by atoms with Crippen LogP contribution in [-0.4, -0.2) is 8.42 Å². The zero-order valence-electron chi connectivity index (χ0n) is 15.5. The molecule has 0 radical (unpaired) electrons. The molecule has 0 saturated heterocycles. The molecule has 0 unspecified atom stereocenters. The van der Waals surface area contributed by atoms with Gasteiger partial charge in [-0.05, 0) is 40.8 Å². The second-order valence-electron chi connectivity index (χ2n) is 7.18. The third-order valence-corrected chi connectivity index (χ3v) is 7.81. The van der Waals surface area contributed by atoms with Gasteiger partial charge in [0, 0.05) is 16.3 Å². The van der Waals surface area contributed by atoms with Crippen molar-refractivity contribution in [1.29, 1.82) is 0 Å². The van der Waals surface area contributed by atoms with E-state index in [1.165, 1.54) is 0 Å². The highest BCUT2D eigenvalue weighted by molar-refractivity contribution is 9.10. The summed E-state index contributed by atoms with van der Waals surface area (Å²) >= 11 is 3.39. The molecule has 0 fully saturated rings. The Morgan fingerprint density at radius 3 is 2.24 bits per heavy atom. The molecule has 0 N–H and O–H groups in total. The van der Waals surface area contributed by atoms with E-state index in [0.717, 1.165) is 32.1 Å². The van der Waals surface area contributed by atoms with Gasteiger partial charge in [0.2, 0.25) is 0 Å². The summed E-state index contributed by atoms with van der Waals surface area (Å²) in [5.41, 5.74) is 2.84. The summed E-state index contributed by atoms with van der Waals surface area (Å²) in [6, 6.07) is 28.6. The van der Waals surface area contributed by atoms with E-state index >= 15 is 0 Å². The van der Waals surface area contributed by atoms with Crippen LogP contribution in [0.1, 0.15) is 17.2 Å². The van der Waals surface area contributed by atoms with Crippen LogP contribution in [0.2, 0.25) is 0 Å². The van der Waals surface area contributed by atoms with E-state index in [1.54, 1.807) is 28.6 Å². The summed E-state index contributed by atoms with van der Waals surface area (Å²) in [7, 11) is -3.75. The molecule has 1 heterocycles. The lowest BCUT2D eigenvalue weighted by atomic mass is 10.0. The molecule has 4 aromatic rings. The van der Waals surface area contributed by atoms with Crippen LogP contribution in [0.15, 0.2) is 100 Å². The van der Waals surface area contributed by atoms with Crippen molar-refractivity contribution in [1.82, 2.24) is 0 Å². The van der Waals surface area contributed by atoms with Gasteiger partial charge in [-0.3, -0.25) is 4.31 Å². The van der Waals surface area contributed by atoms with Crippen LogP contribution in [0.5, 0.6) is 0 Å². The molecule has 4 aromatic carbocycles. The van der Waals surface area contributed by atoms with Crippen LogP contribution in [-0.2, 0) is 16.4 Å². The molecule has 0 saturated carbocycles. The maximum absolute atomic E-state index is 13.8. The van der Waals surface area contributed by atoms with Gasteiger partial charge in [-0.1, -0.05) is 82.7 Å². The van der Waals surface area contributed by atoms with Crippen molar-refractivity contribution in [2.45, 2.75) is 17.4 Å². The smallest absolute Gasteiger partial charge is 0.258 e.